The molecule has 16 heavy (non-hydrogen) atoms. The van der Waals surface area contributed by atoms with Crippen molar-refractivity contribution in [2.45, 2.75) is 32.9 Å². The standard InChI is InChI=1S/C11H16BrNO2S/c1-11(2,3)15-10(14)7-13-6-8-4-5-9(12)16-8/h4-5,13H,6-7H2,1-3H3. The summed E-state index contributed by atoms with van der Waals surface area (Å²) in [6.07, 6.45) is 0. The van der Waals surface area contributed by atoms with Crippen LogP contribution in [0.1, 0.15) is 25.6 Å². The monoisotopic (exact) mass is 305 g/mol. The van der Waals surface area contributed by atoms with E-state index in [1.165, 1.54) is 4.88 Å². The quantitative estimate of drug-likeness (QED) is 0.869. The number of carbonyl (C=O) groups excluding carboxylic acids is 1. The second kappa shape index (κ2) is 5.80. The van der Waals surface area contributed by atoms with Crippen LogP contribution >= 0.6 is 27.3 Å². The molecule has 1 rings (SSSR count). The van der Waals surface area contributed by atoms with Gasteiger partial charge in [0.1, 0.15) is 5.60 Å². The molecule has 0 aliphatic rings. The van der Waals surface area contributed by atoms with Crippen LogP contribution < -0.4 is 5.32 Å². The molecule has 1 N–H and O–H groups in total. The Bertz CT molecular complexity index is 357. The molecule has 0 saturated heterocycles. The van der Waals surface area contributed by atoms with Gasteiger partial charge in [0.25, 0.3) is 0 Å². The molecule has 0 saturated carbocycles. The zero-order valence-electron chi connectivity index (χ0n) is 9.67. The van der Waals surface area contributed by atoms with Crippen LogP contribution in [0.25, 0.3) is 0 Å². The Balaban J connectivity index is 2.23. The van der Waals surface area contributed by atoms with E-state index in [2.05, 4.69) is 21.2 Å². The Hall–Kier alpha value is -0.390. The fraction of sp³-hybridized carbons (Fsp3) is 0.545. The summed E-state index contributed by atoms with van der Waals surface area (Å²) in [4.78, 5) is 12.6. The normalized spacial score (nSPS) is 11.5. The van der Waals surface area contributed by atoms with E-state index in [4.69, 9.17) is 4.74 Å². The molecule has 3 nitrogen and oxygen atoms in total. The van der Waals surface area contributed by atoms with Crippen molar-refractivity contribution >= 4 is 33.2 Å². The topological polar surface area (TPSA) is 38.3 Å². The lowest BCUT2D eigenvalue weighted by atomic mass is 10.2. The van der Waals surface area contributed by atoms with Crippen molar-refractivity contribution in [3.05, 3.63) is 20.8 Å². The first-order valence-corrected chi connectivity index (χ1v) is 6.64. The Morgan fingerprint density at radius 1 is 1.50 bits per heavy atom. The number of halogens is 1. The van der Waals surface area contributed by atoms with Crippen molar-refractivity contribution in [2.24, 2.45) is 0 Å². The molecule has 1 heterocycles. The lowest BCUT2D eigenvalue weighted by molar-refractivity contribution is -0.153. The molecule has 90 valence electrons. The van der Waals surface area contributed by atoms with E-state index in [0.717, 1.165) is 3.79 Å². The number of carbonyl (C=O) groups is 1. The minimum absolute atomic E-state index is 0.219. The number of rotatable bonds is 4. The van der Waals surface area contributed by atoms with Crippen LogP contribution in [-0.2, 0) is 16.1 Å². The molecule has 0 spiro atoms. The van der Waals surface area contributed by atoms with Crippen LogP contribution in [0, 0.1) is 0 Å². The highest BCUT2D eigenvalue weighted by Gasteiger charge is 2.15. The Kier molecular flexibility index (Phi) is 4.95. The van der Waals surface area contributed by atoms with E-state index in [9.17, 15) is 4.79 Å². The summed E-state index contributed by atoms with van der Waals surface area (Å²) in [6, 6.07) is 4.02. The van der Waals surface area contributed by atoms with Gasteiger partial charge in [0.2, 0.25) is 0 Å². The second-order valence-corrected chi connectivity index (χ2v) is 6.94. The van der Waals surface area contributed by atoms with Crippen molar-refractivity contribution in [3.8, 4) is 0 Å². The summed E-state index contributed by atoms with van der Waals surface area (Å²) in [5.41, 5.74) is -0.412. The molecule has 0 fully saturated rings. The minimum Gasteiger partial charge on any atom is -0.459 e. The van der Waals surface area contributed by atoms with Gasteiger partial charge in [0, 0.05) is 11.4 Å². The Morgan fingerprint density at radius 3 is 2.69 bits per heavy atom. The van der Waals surface area contributed by atoms with E-state index in [0.29, 0.717) is 6.54 Å². The molecule has 0 atom stereocenters. The molecule has 1 aromatic rings. The van der Waals surface area contributed by atoms with Crippen molar-refractivity contribution in [1.82, 2.24) is 5.32 Å². The van der Waals surface area contributed by atoms with Crippen molar-refractivity contribution in [1.29, 1.82) is 0 Å². The maximum absolute atomic E-state index is 11.4. The maximum atomic E-state index is 11.4. The smallest absolute Gasteiger partial charge is 0.320 e. The van der Waals surface area contributed by atoms with Gasteiger partial charge >= 0.3 is 5.97 Å². The molecule has 5 heteroatoms. The van der Waals surface area contributed by atoms with Gasteiger partial charge in [-0.1, -0.05) is 0 Å². The van der Waals surface area contributed by atoms with Crippen molar-refractivity contribution < 1.29 is 9.53 Å². The zero-order valence-corrected chi connectivity index (χ0v) is 12.1. The largest absolute Gasteiger partial charge is 0.459 e. The number of ether oxygens (including phenoxy) is 1. The number of thiophene rings is 1. The summed E-state index contributed by atoms with van der Waals surface area (Å²) < 4.78 is 6.27. The third-order valence-corrected chi connectivity index (χ3v) is 3.24. The van der Waals surface area contributed by atoms with E-state index >= 15 is 0 Å². The van der Waals surface area contributed by atoms with E-state index in [1.807, 2.05) is 32.9 Å². The molecule has 0 aromatic carbocycles. The van der Waals surface area contributed by atoms with Crippen LogP contribution in [0.15, 0.2) is 15.9 Å². The second-order valence-electron chi connectivity index (χ2n) is 4.40. The highest BCUT2D eigenvalue weighted by atomic mass is 79.9. The van der Waals surface area contributed by atoms with Gasteiger partial charge in [-0.3, -0.25) is 4.79 Å². The van der Waals surface area contributed by atoms with Gasteiger partial charge in [-0.05, 0) is 48.8 Å². The molecule has 0 aliphatic carbocycles. The summed E-state index contributed by atoms with van der Waals surface area (Å²) in [7, 11) is 0. The summed E-state index contributed by atoms with van der Waals surface area (Å²) in [6.45, 7) is 6.52. The first kappa shape index (κ1) is 13.7. The number of esters is 1. The fourth-order valence-electron chi connectivity index (χ4n) is 1.11. The number of hydrogen-bond acceptors (Lipinski definition) is 4. The third-order valence-electron chi connectivity index (χ3n) is 1.62. The summed E-state index contributed by atoms with van der Waals surface area (Å²) in [5, 5.41) is 3.05. The predicted molar refractivity (Wildman–Crippen MR) is 69.6 cm³/mol. The predicted octanol–water partition coefficient (Wildman–Crippen LogP) is 2.94. The number of hydrogen-bond donors (Lipinski definition) is 1. The van der Waals surface area contributed by atoms with Gasteiger partial charge in [0.15, 0.2) is 0 Å². The van der Waals surface area contributed by atoms with Crippen molar-refractivity contribution in [2.75, 3.05) is 6.54 Å². The highest BCUT2D eigenvalue weighted by molar-refractivity contribution is 9.11. The first-order valence-electron chi connectivity index (χ1n) is 5.03. The number of nitrogens with one attached hydrogen (secondary N) is 1. The van der Waals surface area contributed by atoms with E-state index in [1.54, 1.807) is 11.3 Å². The molecular formula is C11H16BrNO2S. The summed E-state index contributed by atoms with van der Waals surface area (Å²) in [5.74, 6) is -0.219. The highest BCUT2D eigenvalue weighted by Crippen LogP contribution is 2.21. The zero-order chi connectivity index (χ0) is 12.2. The fourth-order valence-corrected chi connectivity index (χ4v) is 2.56. The van der Waals surface area contributed by atoms with Crippen LogP contribution in [0.3, 0.4) is 0 Å². The van der Waals surface area contributed by atoms with Crippen LogP contribution in [0.4, 0.5) is 0 Å². The van der Waals surface area contributed by atoms with E-state index in [-0.39, 0.29) is 12.5 Å². The van der Waals surface area contributed by atoms with Gasteiger partial charge in [0.05, 0.1) is 10.3 Å². The van der Waals surface area contributed by atoms with Crippen molar-refractivity contribution in [3.63, 3.8) is 0 Å². The minimum atomic E-state index is -0.412. The molecule has 0 amide bonds. The SMILES string of the molecule is CC(C)(C)OC(=O)CNCc1ccc(Br)s1. The molecule has 0 bridgehead atoms. The van der Waals surface area contributed by atoms with Gasteiger partial charge in [-0.25, -0.2) is 0 Å². The van der Waals surface area contributed by atoms with Gasteiger partial charge in [-0.2, -0.15) is 0 Å². The van der Waals surface area contributed by atoms with Crippen LogP contribution in [0.5, 0.6) is 0 Å². The Morgan fingerprint density at radius 2 is 2.19 bits per heavy atom. The van der Waals surface area contributed by atoms with Gasteiger partial charge in [-0.15, -0.1) is 11.3 Å². The molecule has 1 aromatic heterocycles. The van der Waals surface area contributed by atoms with E-state index < -0.39 is 5.60 Å². The van der Waals surface area contributed by atoms with Gasteiger partial charge < -0.3 is 10.1 Å². The summed E-state index contributed by atoms with van der Waals surface area (Å²) >= 11 is 5.05. The molecule has 0 aliphatic heterocycles. The van der Waals surface area contributed by atoms with Crippen LogP contribution in [-0.4, -0.2) is 18.1 Å². The van der Waals surface area contributed by atoms with Crippen LogP contribution in [0.2, 0.25) is 0 Å². The first-order chi connectivity index (χ1) is 7.37. The Labute approximate surface area is 108 Å². The maximum Gasteiger partial charge on any atom is 0.320 e. The third kappa shape index (κ3) is 5.63. The molecular weight excluding hydrogens is 290 g/mol. The average Bonchev–Trinajstić information content (AvgIpc) is 2.48. The molecule has 0 unspecified atom stereocenters. The lowest BCUT2D eigenvalue weighted by Gasteiger charge is -2.19. The molecule has 0 radical (unpaired) electrons. The lowest BCUT2D eigenvalue weighted by Crippen LogP contribution is -2.31. The average molecular weight is 306 g/mol.